The minimum atomic E-state index is -0.208. The lowest BCUT2D eigenvalue weighted by Crippen LogP contribution is -2.38. The van der Waals surface area contributed by atoms with E-state index in [-0.39, 0.29) is 11.2 Å². The van der Waals surface area contributed by atoms with Crippen molar-refractivity contribution in [3.63, 3.8) is 0 Å². The van der Waals surface area contributed by atoms with E-state index >= 15 is 0 Å². The van der Waals surface area contributed by atoms with Crippen LogP contribution in [0.4, 0.5) is 0 Å². The first-order chi connectivity index (χ1) is 9.18. The number of hydrogen-bond donors (Lipinski definition) is 0. The lowest BCUT2D eigenvalue weighted by Gasteiger charge is -2.23. The number of amides is 1. The lowest BCUT2D eigenvalue weighted by molar-refractivity contribution is -0.645. The standard InChI is InChI=1S/C14H20N2O2S/c1-12(19-13-8-4-7-11-16(13)18)14(17)15-9-5-2-3-6-10-15/h4,7-8,11-12H,2-3,5-6,9-10H2,1H3/t12-/m0/s1. The van der Waals surface area contributed by atoms with Crippen molar-refractivity contribution in [1.82, 2.24) is 4.90 Å². The second-order valence-electron chi connectivity index (χ2n) is 4.86. The fourth-order valence-corrected chi connectivity index (χ4v) is 3.22. The van der Waals surface area contributed by atoms with Gasteiger partial charge >= 0.3 is 0 Å². The largest absolute Gasteiger partial charge is 0.618 e. The topological polar surface area (TPSA) is 47.2 Å². The fraction of sp³-hybridized carbons (Fsp3) is 0.571. The molecule has 4 nitrogen and oxygen atoms in total. The predicted octanol–water partition coefficient (Wildman–Crippen LogP) is 2.20. The maximum Gasteiger partial charge on any atom is 0.252 e. The van der Waals surface area contributed by atoms with E-state index in [1.807, 2.05) is 17.9 Å². The average molecular weight is 280 g/mol. The van der Waals surface area contributed by atoms with E-state index in [4.69, 9.17) is 0 Å². The van der Waals surface area contributed by atoms with Gasteiger partial charge in [-0.15, -0.1) is 0 Å². The van der Waals surface area contributed by atoms with Crippen molar-refractivity contribution in [3.05, 3.63) is 29.6 Å². The molecule has 0 aromatic carbocycles. The Morgan fingerprint density at radius 2 is 2.00 bits per heavy atom. The van der Waals surface area contributed by atoms with Crippen molar-refractivity contribution in [2.75, 3.05) is 13.1 Å². The summed E-state index contributed by atoms with van der Waals surface area (Å²) in [5.41, 5.74) is 0. The SMILES string of the molecule is C[C@H](Sc1cccc[n+]1[O-])C(=O)N1CCCCCC1. The Kier molecular flexibility index (Phi) is 5.07. The molecule has 0 spiro atoms. The molecule has 0 N–H and O–H groups in total. The molecule has 0 unspecified atom stereocenters. The number of aromatic nitrogens is 1. The third kappa shape index (κ3) is 3.86. The molecule has 1 atom stereocenters. The number of pyridine rings is 1. The van der Waals surface area contributed by atoms with Crippen molar-refractivity contribution >= 4 is 17.7 Å². The average Bonchev–Trinajstić information content (AvgIpc) is 2.69. The van der Waals surface area contributed by atoms with Crippen molar-refractivity contribution in [2.45, 2.75) is 42.9 Å². The molecule has 19 heavy (non-hydrogen) atoms. The van der Waals surface area contributed by atoms with E-state index in [0.717, 1.165) is 30.7 Å². The molecule has 2 rings (SSSR count). The Hall–Kier alpha value is -1.23. The summed E-state index contributed by atoms with van der Waals surface area (Å²) in [4.78, 5) is 14.3. The van der Waals surface area contributed by atoms with Crippen LogP contribution in [0.3, 0.4) is 0 Å². The summed E-state index contributed by atoms with van der Waals surface area (Å²) in [6.07, 6.45) is 6.08. The van der Waals surface area contributed by atoms with Crippen LogP contribution in [0.1, 0.15) is 32.6 Å². The highest BCUT2D eigenvalue weighted by Gasteiger charge is 2.24. The summed E-state index contributed by atoms with van der Waals surface area (Å²) in [6.45, 7) is 3.59. The number of likely N-dealkylation sites (tertiary alicyclic amines) is 1. The molecule has 1 aromatic heterocycles. The lowest BCUT2D eigenvalue weighted by atomic mass is 10.2. The second kappa shape index (κ2) is 6.80. The van der Waals surface area contributed by atoms with E-state index in [0.29, 0.717) is 5.03 Å². The van der Waals surface area contributed by atoms with Gasteiger partial charge in [0.2, 0.25) is 5.91 Å². The van der Waals surface area contributed by atoms with Crippen LogP contribution < -0.4 is 4.73 Å². The Balaban J connectivity index is 1.97. The van der Waals surface area contributed by atoms with E-state index in [2.05, 4.69) is 0 Å². The zero-order valence-corrected chi connectivity index (χ0v) is 12.1. The van der Waals surface area contributed by atoms with E-state index in [9.17, 15) is 10.0 Å². The van der Waals surface area contributed by atoms with Crippen molar-refractivity contribution in [2.24, 2.45) is 0 Å². The van der Waals surface area contributed by atoms with Crippen molar-refractivity contribution in [3.8, 4) is 0 Å². The molecule has 1 aliphatic rings. The van der Waals surface area contributed by atoms with Gasteiger partial charge in [-0.3, -0.25) is 4.79 Å². The quantitative estimate of drug-likeness (QED) is 0.484. The molecular formula is C14H20N2O2S. The van der Waals surface area contributed by atoms with Crippen molar-refractivity contribution in [1.29, 1.82) is 0 Å². The monoisotopic (exact) mass is 280 g/mol. The molecule has 0 saturated carbocycles. The summed E-state index contributed by atoms with van der Waals surface area (Å²) < 4.78 is 0.816. The minimum absolute atomic E-state index is 0.149. The summed E-state index contributed by atoms with van der Waals surface area (Å²) in [5, 5.41) is 12.0. The van der Waals surface area contributed by atoms with Crippen LogP contribution in [0.15, 0.2) is 29.4 Å². The summed E-state index contributed by atoms with van der Waals surface area (Å²) in [5.74, 6) is 0.149. The number of rotatable bonds is 3. The number of nitrogens with zero attached hydrogens (tertiary/aromatic N) is 2. The summed E-state index contributed by atoms with van der Waals surface area (Å²) in [7, 11) is 0. The molecule has 0 radical (unpaired) electrons. The van der Waals surface area contributed by atoms with Gasteiger partial charge in [0.05, 0.1) is 5.25 Å². The first kappa shape index (κ1) is 14.2. The van der Waals surface area contributed by atoms with Crippen LogP contribution in [0.5, 0.6) is 0 Å². The van der Waals surface area contributed by atoms with Gasteiger partial charge in [0, 0.05) is 25.2 Å². The highest BCUT2D eigenvalue weighted by atomic mass is 32.2. The van der Waals surface area contributed by atoms with Crippen LogP contribution in [0, 0.1) is 5.21 Å². The Bertz CT molecular complexity index is 431. The van der Waals surface area contributed by atoms with E-state index in [1.165, 1.54) is 30.8 Å². The van der Waals surface area contributed by atoms with Gasteiger partial charge in [0.25, 0.3) is 5.03 Å². The second-order valence-corrected chi connectivity index (χ2v) is 6.23. The Labute approximate surface area is 118 Å². The third-order valence-electron chi connectivity index (χ3n) is 3.35. The smallest absolute Gasteiger partial charge is 0.252 e. The van der Waals surface area contributed by atoms with Gasteiger partial charge in [-0.2, -0.15) is 4.73 Å². The van der Waals surface area contributed by atoms with Gasteiger partial charge in [-0.25, -0.2) is 0 Å². The zero-order valence-electron chi connectivity index (χ0n) is 11.2. The van der Waals surface area contributed by atoms with Gasteiger partial charge in [-0.05, 0) is 37.6 Å². The van der Waals surface area contributed by atoms with Crippen LogP contribution in [-0.2, 0) is 4.79 Å². The molecular weight excluding hydrogens is 260 g/mol. The molecule has 1 saturated heterocycles. The molecule has 2 heterocycles. The number of carbonyl (C=O) groups excluding carboxylic acids is 1. The van der Waals surface area contributed by atoms with Gasteiger partial charge in [0.15, 0.2) is 6.20 Å². The highest BCUT2D eigenvalue weighted by Crippen LogP contribution is 2.22. The molecule has 0 bridgehead atoms. The molecule has 1 aromatic rings. The highest BCUT2D eigenvalue weighted by molar-refractivity contribution is 8.00. The molecule has 5 heteroatoms. The molecule has 0 aliphatic carbocycles. The van der Waals surface area contributed by atoms with E-state index in [1.54, 1.807) is 12.1 Å². The number of hydrogen-bond acceptors (Lipinski definition) is 3. The third-order valence-corrected chi connectivity index (χ3v) is 4.46. The number of thioether (sulfide) groups is 1. The van der Waals surface area contributed by atoms with Gasteiger partial charge < -0.3 is 10.1 Å². The molecule has 1 fully saturated rings. The van der Waals surface area contributed by atoms with E-state index < -0.39 is 0 Å². The number of carbonyl (C=O) groups is 1. The fourth-order valence-electron chi connectivity index (χ4n) is 2.28. The summed E-state index contributed by atoms with van der Waals surface area (Å²) >= 11 is 1.34. The van der Waals surface area contributed by atoms with Crippen molar-refractivity contribution < 1.29 is 9.52 Å². The minimum Gasteiger partial charge on any atom is -0.618 e. The van der Waals surface area contributed by atoms with Crippen LogP contribution >= 0.6 is 11.8 Å². The van der Waals surface area contributed by atoms with Gasteiger partial charge in [-0.1, -0.05) is 12.8 Å². The molecule has 1 amide bonds. The normalized spacial score (nSPS) is 17.8. The maximum absolute atomic E-state index is 12.4. The molecule has 104 valence electrons. The van der Waals surface area contributed by atoms with Crippen LogP contribution in [-0.4, -0.2) is 29.1 Å². The summed E-state index contributed by atoms with van der Waals surface area (Å²) in [6, 6.07) is 5.27. The first-order valence-electron chi connectivity index (χ1n) is 6.82. The van der Waals surface area contributed by atoms with Crippen LogP contribution in [0.2, 0.25) is 0 Å². The molecule has 1 aliphatic heterocycles. The van der Waals surface area contributed by atoms with Crippen LogP contribution in [0.25, 0.3) is 0 Å². The Morgan fingerprint density at radius 1 is 1.32 bits per heavy atom. The Morgan fingerprint density at radius 3 is 2.63 bits per heavy atom. The predicted molar refractivity (Wildman–Crippen MR) is 75.8 cm³/mol. The first-order valence-corrected chi connectivity index (χ1v) is 7.70. The zero-order chi connectivity index (χ0) is 13.7. The van der Waals surface area contributed by atoms with Gasteiger partial charge in [0.1, 0.15) is 0 Å². The maximum atomic E-state index is 12.4.